The summed E-state index contributed by atoms with van der Waals surface area (Å²) in [5.41, 5.74) is 2.23. The first-order chi connectivity index (χ1) is 9.28. The molecule has 1 N–H and O–H groups in total. The molecule has 4 heteroatoms. The van der Waals surface area contributed by atoms with E-state index < -0.39 is 0 Å². The Morgan fingerprint density at radius 1 is 1.47 bits per heavy atom. The topological polar surface area (TPSA) is 37.4 Å². The lowest BCUT2D eigenvalue weighted by Crippen LogP contribution is -2.39. The lowest BCUT2D eigenvalue weighted by atomic mass is 10.2. The Kier molecular flexibility index (Phi) is 5.76. The molecule has 4 nitrogen and oxygen atoms in total. The Balaban J connectivity index is 1.92. The number of aromatic nitrogens is 1. The number of pyridine rings is 1. The van der Waals surface area contributed by atoms with E-state index in [1.54, 1.807) is 7.11 Å². The van der Waals surface area contributed by atoms with Gasteiger partial charge in [-0.2, -0.15) is 0 Å². The number of nitrogens with zero attached hydrogens (tertiary/aromatic N) is 2. The Bertz CT molecular complexity index is 377. The highest BCUT2D eigenvalue weighted by atomic mass is 16.5. The lowest BCUT2D eigenvalue weighted by molar-refractivity contribution is 0.137. The minimum atomic E-state index is 0.627. The largest absolute Gasteiger partial charge is 0.383 e. The summed E-state index contributed by atoms with van der Waals surface area (Å²) in [6.45, 7) is 6.93. The molecule has 1 aromatic heterocycles. The van der Waals surface area contributed by atoms with E-state index in [1.807, 2.05) is 13.0 Å². The highest BCUT2D eigenvalue weighted by molar-refractivity contribution is 5.09. The van der Waals surface area contributed by atoms with Crippen molar-refractivity contribution in [3.05, 3.63) is 29.6 Å². The number of rotatable bonds is 7. The molecule has 2 rings (SSSR count). The molecule has 1 aliphatic heterocycles. The van der Waals surface area contributed by atoms with Crippen molar-refractivity contribution in [2.75, 3.05) is 33.4 Å². The maximum atomic E-state index is 5.22. The number of ether oxygens (including phenoxy) is 1. The minimum Gasteiger partial charge on any atom is -0.383 e. The van der Waals surface area contributed by atoms with Crippen molar-refractivity contribution < 1.29 is 4.74 Å². The Morgan fingerprint density at radius 2 is 2.37 bits per heavy atom. The van der Waals surface area contributed by atoms with Crippen LogP contribution in [0.2, 0.25) is 0 Å². The van der Waals surface area contributed by atoms with Gasteiger partial charge in [0.05, 0.1) is 12.3 Å². The lowest BCUT2D eigenvalue weighted by Gasteiger charge is -2.25. The molecule has 0 aromatic carbocycles. The second kappa shape index (κ2) is 7.58. The minimum absolute atomic E-state index is 0.627. The van der Waals surface area contributed by atoms with E-state index in [4.69, 9.17) is 4.74 Å². The standard InChI is InChI=1S/C15H25N3O/c1-13-5-3-6-15(17-13)12-18(9-10-19-2)11-14-7-4-8-16-14/h3,5-6,14,16H,4,7-12H2,1-2H3. The Morgan fingerprint density at radius 3 is 3.05 bits per heavy atom. The molecule has 0 amide bonds. The van der Waals surface area contributed by atoms with Crippen LogP contribution in [0.15, 0.2) is 18.2 Å². The van der Waals surface area contributed by atoms with Crippen LogP contribution >= 0.6 is 0 Å². The van der Waals surface area contributed by atoms with Gasteiger partial charge in [0, 0.05) is 38.5 Å². The summed E-state index contributed by atoms with van der Waals surface area (Å²) in [5.74, 6) is 0. The fourth-order valence-electron chi connectivity index (χ4n) is 2.60. The fraction of sp³-hybridized carbons (Fsp3) is 0.667. The van der Waals surface area contributed by atoms with Crippen LogP contribution in [0.5, 0.6) is 0 Å². The molecule has 0 saturated carbocycles. The first kappa shape index (κ1) is 14.4. The zero-order chi connectivity index (χ0) is 13.5. The Hall–Kier alpha value is -0.970. The maximum absolute atomic E-state index is 5.22. The van der Waals surface area contributed by atoms with E-state index in [0.717, 1.165) is 44.2 Å². The van der Waals surface area contributed by atoms with E-state index in [9.17, 15) is 0 Å². The van der Waals surface area contributed by atoms with Crippen molar-refractivity contribution in [3.63, 3.8) is 0 Å². The van der Waals surface area contributed by atoms with Gasteiger partial charge in [0.1, 0.15) is 0 Å². The van der Waals surface area contributed by atoms with Crippen molar-refractivity contribution in [1.82, 2.24) is 15.2 Å². The molecule has 1 aliphatic rings. The van der Waals surface area contributed by atoms with Gasteiger partial charge >= 0.3 is 0 Å². The summed E-state index contributed by atoms with van der Waals surface area (Å²) >= 11 is 0. The van der Waals surface area contributed by atoms with Crippen LogP contribution in [0.25, 0.3) is 0 Å². The van der Waals surface area contributed by atoms with Gasteiger partial charge in [-0.1, -0.05) is 6.07 Å². The first-order valence-electron chi connectivity index (χ1n) is 7.15. The molecular formula is C15H25N3O. The van der Waals surface area contributed by atoms with Crippen LogP contribution in [0, 0.1) is 6.92 Å². The summed E-state index contributed by atoms with van der Waals surface area (Å²) in [5, 5.41) is 3.56. The third-order valence-electron chi connectivity index (χ3n) is 3.58. The average Bonchev–Trinajstić information content (AvgIpc) is 2.89. The molecule has 0 spiro atoms. The molecule has 106 valence electrons. The van der Waals surface area contributed by atoms with Gasteiger partial charge in [-0.25, -0.2) is 0 Å². The van der Waals surface area contributed by atoms with Crippen molar-refractivity contribution in [2.24, 2.45) is 0 Å². The van der Waals surface area contributed by atoms with Gasteiger partial charge in [0.2, 0.25) is 0 Å². The number of hydrogen-bond acceptors (Lipinski definition) is 4. The third kappa shape index (κ3) is 4.90. The quantitative estimate of drug-likeness (QED) is 0.810. The Labute approximate surface area is 116 Å². The summed E-state index contributed by atoms with van der Waals surface area (Å²) < 4.78 is 5.22. The van der Waals surface area contributed by atoms with E-state index in [0.29, 0.717) is 6.04 Å². The van der Waals surface area contributed by atoms with Gasteiger partial charge in [-0.15, -0.1) is 0 Å². The van der Waals surface area contributed by atoms with Gasteiger partial charge in [0.15, 0.2) is 0 Å². The van der Waals surface area contributed by atoms with Crippen LogP contribution in [-0.4, -0.2) is 49.3 Å². The molecule has 0 radical (unpaired) electrons. The molecule has 1 unspecified atom stereocenters. The first-order valence-corrected chi connectivity index (χ1v) is 7.15. The third-order valence-corrected chi connectivity index (χ3v) is 3.58. The number of nitrogens with one attached hydrogen (secondary N) is 1. The molecule has 19 heavy (non-hydrogen) atoms. The summed E-state index contributed by atoms with van der Waals surface area (Å²) in [6, 6.07) is 6.86. The van der Waals surface area contributed by atoms with Crippen LogP contribution in [-0.2, 0) is 11.3 Å². The van der Waals surface area contributed by atoms with E-state index in [-0.39, 0.29) is 0 Å². The maximum Gasteiger partial charge on any atom is 0.0589 e. The second-order valence-corrected chi connectivity index (χ2v) is 5.29. The number of aryl methyl sites for hydroxylation is 1. The van der Waals surface area contributed by atoms with Gasteiger partial charge in [-0.3, -0.25) is 9.88 Å². The van der Waals surface area contributed by atoms with Crippen LogP contribution in [0.1, 0.15) is 24.2 Å². The summed E-state index contributed by atoms with van der Waals surface area (Å²) in [7, 11) is 1.76. The second-order valence-electron chi connectivity index (χ2n) is 5.29. The molecule has 0 aliphatic carbocycles. The molecule has 1 atom stereocenters. The van der Waals surface area contributed by atoms with Crippen LogP contribution in [0.4, 0.5) is 0 Å². The van der Waals surface area contributed by atoms with Crippen LogP contribution in [0.3, 0.4) is 0 Å². The molecular weight excluding hydrogens is 238 g/mol. The molecule has 1 aromatic rings. The van der Waals surface area contributed by atoms with E-state index >= 15 is 0 Å². The fourth-order valence-corrected chi connectivity index (χ4v) is 2.60. The average molecular weight is 263 g/mol. The van der Waals surface area contributed by atoms with Gasteiger partial charge in [-0.05, 0) is 38.4 Å². The van der Waals surface area contributed by atoms with E-state index in [2.05, 4.69) is 27.3 Å². The molecule has 0 bridgehead atoms. The highest BCUT2D eigenvalue weighted by Gasteiger charge is 2.18. The zero-order valence-corrected chi connectivity index (χ0v) is 12.1. The predicted molar refractivity (Wildman–Crippen MR) is 77.2 cm³/mol. The van der Waals surface area contributed by atoms with Crippen molar-refractivity contribution in [3.8, 4) is 0 Å². The van der Waals surface area contributed by atoms with E-state index in [1.165, 1.54) is 12.8 Å². The summed E-state index contributed by atoms with van der Waals surface area (Å²) in [6.07, 6.45) is 2.58. The zero-order valence-electron chi connectivity index (χ0n) is 12.1. The highest BCUT2D eigenvalue weighted by Crippen LogP contribution is 2.10. The normalized spacial score (nSPS) is 19.2. The number of hydrogen-bond donors (Lipinski definition) is 1. The summed E-state index contributed by atoms with van der Waals surface area (Å²) in [4.78, 5) is 7.03. The predicted octanol–water partition coefficient (Wildman–Crippen LogP) is 1.59. The smallest absolute Gasteiger partial charge is 0.0589 e. The SMILES string of the molecule is COCCN(Cc1cccc(C)n1)CC1CCCN1. The van der Waals surface area contributed by atoms with Crippen molar-refractivity contribution in [1.29, 1.82) is 0 Å². The van der Waals surface area contributed by atoms with Crippen molar-refractivity contribution >= 4 is 0 Å². The molecule has 1 fully saturated rings. The monoisotopic (exact) mass is 263 g/mol. The van der Waals surface area contributed by atoms with Crippen LogP contribution < -0.4 is 5.32 Å². The molecule has 1 saturated heterocycles. The van der Waals surface area contributed by atoms with Gasteiger partial charge in [0.25, 0.3) is 0 Å². The molecule has 2 heterocycles. The van der Waals surface area contributed by atoms with Gasteiger partial charge < -0.3 is 10.1 Å². The van der Waals surface area contributed by atoms with Crippen molar-refractivity contribution in [2.45, 2.75) is 32.4 Å². The number of methoxy groups -OCH3 is 1.